The summed E-state index contributed by atoms with van der Waals surface area (Å²) in [5.74, 6) is -3.22. The van der Waals surface area contributed by atoms with E-state index in [1.54, 1.807) is 30.6 Å². The topological polar surface area (TPSA) is 105 Å². The average molecular weight is 436 g/mol. The van der Waals surface area contributed by atoms with Gasteiger partial charge in [-0.15, -0.1) is 0 Å². The van der Waals surface area contributed by atoms with Crippen LogP contribution in [-0.2, 0) is 16.1 Å². The van der Waals surface area contributed by atoms with E-state index in [2.05, 4.69) is 15.0 Å². The van der Waals surface area contributed by atoms with Crippen LogP contribution in [0.4, 0.5) is 13.2 Å². The standard InChI is InChI=1S/C14H9Cl2N3O2.C2HF3O2/c15-8-5-11(16)12(19-6-8)7-21-14(20)10-2-4-18-13-9(10)1-3-17-13;3-2(4,5)1(6)7/h1-6H,7H2,(H,17,18);(H,6,7). The van der Waals surface area contributed by atoms with Gasteiger partial charge in [-0.3, -0.25) is 4.98 Å². The molecule has 0 amide bonds. The number of esters is 1. The molecule has 12 heteroatoms. The van der Waals surface area contributed by atoms with Gasteiger partial charge in [-0.2, -0.15) is 13.2 Å². The zero-order chi connectivity index (χ0) is 20.9. The van der Waals surface area contributed by atoms with Gasteiger partial charge in [-0.25, -0.2) is 14.6 Å². The number of aromatic nitrogens is 3. The summed E-state index contributed by atoms with van der Waals surface area (Å²) in [5.41, 5.74) is 1.52. The van der Waals surface area contributed by atoms with Crippen molar-refractivity contribution in [3.8, 4) is 0 Å². The quantitative estimate of drug-likeness (QED) is 0.595. The van der Waals surface area contributed by atoms with Crippen LogP contribution in [0, 0.1) is 0 Å². The number of pyridine rings is 2. The zero-order valence-electron chi connectivity index (χ0n) is 13.6. The maximum atomic E-state index is 12.1. The van der Waals surface area contributed by atoms with Gasteiger partial charge in [0, 0.05) is 24.0 Å². The summed E-state index contributed by atoms with van der Waals surface area (Å²) < 4.78 is 37.0. The molecule has 0 saturated carbocycles. The van der Waals surface area contributed by atoms with E-state index >= 15 is 0 Å². The molecule has 3 aromatic heterocycles. The Morgan fingerprint density at radius 2 is 1.89 bits per heavy atom. The highest BCUT2D eigenvalue weighted by Gasteiger charge is 2.38. The van der Waals surface area contributed by atoms with E-state index in [4.69, 9.17) is 37.8 Å². The van der Waals surface area contributed by atoms with E-state index in [0.717, 1.165) is 0 Å². The third kappa shape index (κ3) is 5.57. The summed E-state index contributed by atoms with van der Waals surface area (Å²) in [4.78, 5) is 32.1. The molecule has 2 N–H and O–H groups in total. The Labute approximate surface area is 165 Å². The fourth-order valence-corrected chi connectivity index (χ4v) is 2.33. The second-order valence-corrected chi connectivity index (χ2v) is 5.90. The maximum Gasteiger partial charge on any atom is 0.490 e. The molecule has 3 aromatic rings. The number of nitrogens with zero attached hydrogens (tertiary/aromatic N) is 2. The van der Waals surface area contributed by atoms with Crippen molar-refractivity contribution in [2.24, 2.45) is 0 Å². The summed E-state index contributed by atoms with van der Waals surface area (Å²) in [7, 11) is 0. The average Bonchev–Trinajstić information content (AvgIpc) is 3.09. The van der Waals surface area contributed by atoms with Gasteiger partial charge in [0.15, 0.2) is 0 Å². The first-order chi connectivity index (χ1) is 13.1. The number of fused-ring (bicyclic) bond motifs is 1. The minimum Gasteiger partial charge on any atom is -0.475 e. The Kier molecular flexibility index (Phi) is 6.81. The molecule has 0 fully saturated rings. The van der Waals surface area contributed by atoms with Crippen molar-refractivity contribution in [3.05, 3.63) is 58.1 Å². The van der Waals surface area contributed by atoms with E-state index in [9.17, 15) is 18.0 Å². The number of hydrogen-bond acceptors (Lipinski definition) is 5. The lowest BCUT2D eigenvalue weighted by atomic mass is 10.2. The fourth-order valence-electron chi connectivity index (χ4n) is 1.90. The summed E-state index contributed by atoms with van der Waals surface area (Å²) in [6.07, 6.45) is -0.373. The van der Waals surface area contributed by atoms with Crippen LogP contribution in [0.25, 0.3) is 11.0 Å². The first kappa shape index (κ1) is 21.5. The lowest BCUT2D eigenvalue weighted by Crippen LogP contribution is -2.21. The number of nitrogens with one attached hydrogen (secondary N) is 1. The van der Waals surface area contributed by atoms with Gasteiger partial charge in [0.25, 0.3) is 0 Å². The summed E-state index contributed by atoms with van der Waals surface area (Å²) >= 11 is 11.7. The van der Waals surface area contributed by atoms with Crippen LogP contribution < -0.4 is 0 Å². The molecule has 0 aliphatic heterocycles. The van der Waals surface area contributed by atoms with E-state index in [1.165, 1.54) is 6.20 Å². The van der Waals surface area contributed by atoms with Crippen molar-refractivity contribution >= 4 is 46.2 Å². The van der Waals surface area contributed by atoms with Crippen molar-refractivity contribution in [1.29, 1.82) is 0 Å². The highest BCUT2D eigenvalue weighted by Crippen LogP contribution is 2.21. The van der Waals surface area contributed by atoms with Gasteiger partial charge < -0.3 is 14.8 Å². The predicted octanol–water partition coefficient (Wildman–Crippen LogP) is 4.26. The molecule has 3 heterocycles. The third-order valence-corrected chi connectivity index (χ3v) is 3.68. The number of aromatic amines is 1. The SMILES string of the molecule is O=C(O)C(F)(F)F.O=C(OCc1ncc(Cl)cc1Cl)c1ccnc2[nH]ccc12. The van der Waals surface area contributed by atoms with Crippen LogP contribution in [-0.4, -0.2) is 38.2 Å². The largest absolute Gasteiger partial charge is 0.490 e. The molecule has 0 spiro atoms. The van der Waals surface area contributed by atoms with Crippen molar-refractivity contribution in [2.45, 2.75) is 12.8 Å². The van der Waals surface area contributed by atoms with Crippen molar-refractivity contribution in [1.82, 2.24) is 15.0 Å². The van der Waals surface area contributed by atoms with Gasteiger partial charge in [0.2, 0.25) is 0 Å². The van der Waals surface area contributed by atoms with Crippen LogP contribution in [0.1, 0.15) is 16.1 Å². The minimum atomic E-state index is -5.08. The van der Waals surface area contributed by atoms with Gasteiger partial charge in [-0.1, -0.05) is 23.2 Å². The molecule has 0 unspecified atom stereocenters. The first-order valence-electron chi connectivity index (χ1n) is 7.29. The summed E-state index contributed by atoms with van der Waals surface area (Å²) in [5, 5.41) is 8.62. The molecule has 0 bridgehead atoms. The van der Waals surface area contributed by atoms with E-state index in [-0.39, 0.29) is 6.61 Å². The fraction of sp³-hybridized carbons (Fsp3) is 0.125. The van der Waals surface area contributed by atoms with Crippen LogP contribution in [0.5, 0.6) is 0 Å². The molecule has 28 heavy (non-hydrogen) atoms. The van der Waals surface area contributed by atoms with E-state index in [1.807, 2.05) is 0 Å². The molecule has 0 atom stereocenters. The second-order valence-electron chi connectivity index (χ2n) is 5.06. The summed E-state index contributed by atoms with van der Waals surface area (Å²) in [6.45, 7) is -0.0247. The number of halogens is 5. The molecule has 0 radical (unpaired) electrons. The number of alkyl halides is 3. The summed E-state index contributed by atoms with van der Waals surface area (Å²) in [6, 6.07) is 4.93. The highest BCUT2D eigenvalue weighted by atomic mass is 35.5. The normalized spacial score (nSPS) is 10.9. The van der Waals surface area contributed by atoms with Gasteiger partial charge >= 0.3 is 18.1 Å². The molecule has 3 rings (SSSR count). The monoisotopic (exact) mass is 435 g/mol. The number of ether oxygens (including phenoxy) is 1. The van der Waals surface area contributed by atoms with Crippen LogP contribution in [0.3, 0.4) is 0 Å². The molecule has 0 aromatic carbocycles. The molecular formula is C16H10Cl2F3N3O4. The third-order valence-electron chi connectivity index (χ3n) is 3.15. The number of hydrogen-bond donors (Lipinski definition) is 2. The van der Waals surface area contributed by atoms with Crippen molar-refractivity contribution in [2.75, 3.05) is 0 Å². The van der Waals surface area contributed by atoms with Gasteiger partial charge in [0.05, 0.1) is 21.3 Å². The molecule has 0 aliphatic carbocycles. The molecule has 0 aliphatic rings. The van der Waals surface area contributed by atoms with Crippen LogP contribution in [0.2, 0.25) is 10.0 Å². The van der Waals surface area contributed by atoms with Gasteiger partial charge in [-0.05, 0) is 18.2 Å². The zero-order valence-corrected chi connectivity index (χ0v) is 15.1. The Bertz CT molecular complexity index is 1010. The second kappa shape index (κ2) is 8.89. The number of carboxylic acids is 1. The number of carbonyl (C=O) groups excluding carboxylic acids is 1. The number of carbonyl (C=O) groups is 2. The Balaban J connectivity index is 0.000000345. The maximum absolute atomic E-state index is 12.1. The number of H-pyrrole nitrogens is 1. The smallest absolute Gasteiger partial charge is 0.475 e. The van der Waals surface area contributed by atoms with E-state index in [0.29, 0.717) is 32.3 Å². The van der Waals surface area contributed by atoms with Crippen LogP contribution in [0.15, 0.2) is 36.8 Å². The molecule has 148 valence electrons. The molecule has 0 saturated heterocycles. The molecular weight excluding hydrogens is 426 g/mol. The van der Waals surface area contributed by atoms with Gasteiger partial charge in [0.1, 0.15) is 12.3 Å². The lowest BCUT2D eigenvalue weighted by Gasteiger charge is -2.06. The first-order valence-corrected chi connectivity index (χ1v) is 8.04. The van der Waals surface area contributed by atoms with Crippen LogP contribution >= 0.6 is 23.2 Å². The highest BCUT2D eigenvalue weighted by molar-refractivity contribution is 6.34. The molecule has 7 nitrogen and oxygen atoms in total. The minimum absolute atomic E-state index is 0.0247. The predicted molar refractivity (Wildman–Crippen MR) is 93.2 cm³/mol. The number of rotatable bonds is 3. The van der Waals surface area contributed by atoms with Crippen molar-refractivity contribution < 1.29 is 32.6 Å². The Morgan fingerprint density at radius 3 is 2.50 bits per heavy atom. The lowest BCUT2D eigenvalue weighted by molar-refractivity contribution is -0.192. The van der Waals surface area contributed by atoms with Crippen molar-refractivity contribution in [3.63, 3.8) is 0 Å². The Hall–Kier alpha value is -2.85. The number of aliphatic carboxylic acids is 1. The Morgan fingerprint density at radius 1 is 1.21 bits per heavy atom. The van der Waals surface area contributed by atoms with E-state index < -0.39 is 18.1 Å². The number of carboxylic acid groups (broad SMARTS) is 1.